The van der Waals surface area contributed by atoms with Gasteiger partial charge in [-0.1, -0.05) is 30.7 Å². The predicted molar refractivity (Wildman–Crippen MR) is 88.7 cm³/mol. The number of piperidine rings is 1. The molecular formula is C17H27ClN2O. The van der Waals surface area contributed by atoms with Crippen LogP contribution in [0.25, 0.3) is 0 Å². The molecule has 0 spiro atoms. The van der Waals surface area contributed by atoms with Crippen LogP contribution in [0.1, 0.15) is 44.2 Å². The molecule has 1 saturated heterocycles. The highest BCUT2D eigenvalue weighted by Gasteiger charge is 2.25. The van der Waals surface area contributed by atoms with Gasteiger partial charge in [-0.05, 0) is 49.9 Å². The molecule has 1 atom stereocenters. The lowest BCUT2D eigenvalue weighted by molar-refractivity contribution is -0.00295. The molecule has 1 unspecified atom stereocenters. The fourth-order valence-corrected chi connectivity index (χ4v) is 3.20. The zero-order valence-electron chi connectivity index (χ0n) is 12.9. The van der Waals surface area contributed by atoms with Gasteiger partial charge >= 0.3 is 0 Å². The maximum absolute atomic E-state index is 5.99. The summed E-state index contributed by atoms with van der Waals surface area (Å²) in [5, 5.41) is 0.806. The maximum atomic E-state index is 5.99. The van der Waals surface area contributed by atoms with Gasteiger partial charge in [0.25, 0.3) is 0 Å². The summed E-state index contributed by atoms with van der Waals surface area (Å²) in [6.07, 6.45) is 4.74. The summed E-state index contributed by atoms with van der Waals surface area (Å²) in [5.74, 6) is 0. The normalized spacial score (nSPS) is 18.8. The van der Waals surface area contributed by atoms with Crippen LogP contribution in [0.2, 0.25) is 5.02 Å². The zero-order chi connectivity index (χ0) is 15.1. The summed E-state index contributed by atoms with van der Waals surface area (Å²) < 4.78 is 5.88. The van der Waals surface area contributed by atoms with Gasteiger partial charge in [0.15, 0.2) is 0 Å². The lowest BCUT2D eigenvalue weighted by Gasteiger charge is -2.37. The van der Waals surface area contributed by atoms with E-state index in [4.69, 9.17) is 22.1 Å². The molecule has 0 radical (unpaired) electrons. The predicted octanol–water partition coefficient (Wildman–Crippen LogP) is 3.62. The first-order valence-corrected chi connectivity index (χ1v) is 8.43. The quantitative estimate of drug-likeness (QED) is 0.782. The van der Waals surface area contributed by atoms with Crippen molar-refractivity contribution < 1.29 is 4.74 Å². The summed E-state index contributed by atoms with van der Waals surface area (Å²) in [4.78, 5) is 2.58. The van der Waals surface area contributed by atoms with Crippen molar-refractivity contribution in [2.24, 2.45) is 5.73 Å². The summed E-state index contributed by atoms with van der Waals surface area (Å²) in [6, 6.07) is 8.78. The largest absolute Gasteiger partial charge is 0.378 e. The molecule has 1 fully saturated rings. The molecule has 0 saturated carbocycles. The molecule has 0 aromatic heterocycles. The van der Waals surface area contributed by atoms with E-state index in [0.29, 0.717) is 18.7 Å². The van der Waals surface area contributed by atoms with E-state index < -0.39 is 0 Å². The minimum Gasteiger partial charge on any atom is -0.378 e. The molecular weight excluding hydrogens is 284 g/mol. The number of likely N-dealkylation sites (tertiary alicyclic amines) is 1. The van der Waals surface area contributed by atoms with E-state index in [-0.39, 0.29) is 0 Å². The average Bonchev–Trinajstić information content (AvgIpc) is 2.52. The van der Waals surface area contributed by atoms with Gasteiger partial charge in [0.1, 0.15) is 0 Å². The van der Waals surface area contributed by atoms with Gasteiger partial charge in [-0.3, -0.25) is 4.90 Å². The molecule has 118 valence electrons. The molecule has 2 rings (SSSR count). The van der Waals surface area contributed by atoms with Crippen molar-refractivity contribution >= 4 is 11.6 Å². The van der Waals surface area contributed by atoms with Gasteiger partial charge in [-0.25, -0.2) is 0 Å². The molecule has 0 aliphatic carbocycles. The van der Waals surface area contributed by atoms with Crippen LogP contribution in [0.3, 0.4) is 0 Å². The number of nitrogens with zero attached hydrogens (tertiary/aromatic N) is 1. The highest BCUT2D eigenvalue weighted by molar-refractivity contribution is 6.30. The van der Waals surface area contributed by atoms with Gasteiger partial charge in [0.05, 0.1) is 6.10 Å². The Kier molecular flexibility index (Phi) is 6.97. The van der Waals surface area contributed by atoms with Crippen LogP contribution in [0.4, 0.5) is 0 Å². The van der Waals surface area contributed by atoms with Crippen LogP contribution < -0.4 is 5.73 Å². The molecule has 3 nitrogen and oxygen atoms in total. The van der Waals surface area contributed by atoms with Gasteiger partial charge in [0, 0.05) is 30.8 Å². The number of benzene rings is 1. The molecule has 4 heteroatoms. The highest BCUT2D eigenvalue weighted by atomic mass is 35.5. The van der Waals surface area contributed by atoms with Crippen molar-refractivity contribution in [3.8, 4) is 0 Å². The smallest absolute Gasteiger partial charge is 0.0599 e. The second-order valence-electron chi connectivity index (χ2n) is 5.72. The average molecular weight is 311 g/mol. The Labute approximate surface area is 133 Å². The Balaban J connectivity index is 1.86. The van der Waals surface area contributed by atoms with Crippen molar-refractivity contribution in [2.45, 2.75) is 44.8 Å². The Morgan fingerprint density at radius 1 is 1.29 bits per heavy atom. The second-order valence-corrected chi connectivity index (χ2v) is 6.16. The maximum Gasteiger partial charge on any atom is 0.0599 e. The van der Waals surface area contributed by atoms with E-state index in [1.54, 1.807) is 0 Å². The van der Waals surface area contributed by atoms with Crippen molar-refractivity contribution in [3.63, 3.8) is 0 Å². The van der Waals surface area contributed by atoms with Gasteiger partial charge in [-0.2, -0.15) is 0 Å². The van der Waals surface area contributed by atoms with E-state index in [0.717, 1.165) is 50.4 Å². The number of nitrogens with two attached hydrogens (primary N) is 1. The molecule has 1 aliphatic heterocycles. The van der Waals surface area contributed by atoms with Crippen molar-refractivity contribution in [1.82, 2.24) is 4.90 Å². The zero-order valence-corrected chi connectivity index (χ0v) is 13.7. The van der Waals surface area contributed by atoms with E-state index in [1.807, 2.05) is 12.1 Å². The third-order valence-electron chi connectivity index (χ3n) is 4.26. The van der Waals surface area contributed by atoms with E-state index in [2.05, 4.69) is 24.0 Å². The summed E-state index contributed by atoms with van der Waals surface area (Å²) >= 11 is 5.99. The fourth-order valence-electron chi connectivity index (χ4n) is 3.08. The first-order chi connectivity index (χ1) is 10.2. The monoisotopic (exact) mass is 310 g/mol. The number of rotatable bonds is 7. The number of hydrogen-bond acceptors (Lipinski definition) is 3. The third kappa shape index (κ3) is 4.96. The Morgan fingerprint density at radius 3 is 2.52 bits per heavy atom. The van der Waals surface area contributed by atoms with Crippen LogP contribution in [-0.4, -0.2) is 37.2 Å². The molecule has 0 amide bonds. The molecule has 21 heavy (non-hydrogen) atoms. The van der Waals surface area contributed by atoms with Crippen LogP contribution in [0, 0.1) is 0 Å². The van der Waals surface area contributed by atoms with Gasteiger partial charge in [0.2, 0.25) is 0 Å². The molecule has 0 bridgehead atoms. The lowest BCUT2D eigenvalue weighted by Crippen LogP contribution is -2.39. The first-order valence-electron chi connectivity index (χ1n) is 8.05. The molecule has 1 heterocycles. The molecule has 1 aromatic rings. The lowest BCUT2D eigenvalue weighted by atomic mass is 9.98. The van der Waals surface area contributed by atoms with Crippen LogP contribution >= 0.6 is 11.6 Å². The molecule has 2 N–H and O–H groups in total. The van der Waals surface area contributed by atoms with Crippen LogP contribution in [0.5, 0.6) is 0 Å². The minimum atomic E-state index is 0.413. The Morgan fingerprint density at radius 2 is 1.95 bits per heavy atom. The number of ether oxygens (including phenoxy) is 1. The fraction of sp³-hybridized carbons (Fsp3) is 0.647. The van der Waals surface area contributed by atoms with E-state index in [9.17, 15) is 0 Å². The van der Waals surface area contributed by atoms with Crippen LogP contribution in [-0.2, 0) is 4.74 Å². The SMILES string of the molecule is CCC(c1ccc(Cl)cc1)N1CCC(OCCCN)CC1. The topological polar surface area (TPSA) is 38.5 Å². The van der Waals surface area contributed by atoms with Gasteiger partial charge < -0.3 is 10.5 Å². The summed E-state index contributed by atoms with van der Waals surface area (Å²) in [5.41, 5.74) is 6.87. The van der Waals surface area contributed by atoms with Crippen molar-refractivity contribution in [3.05, 3.63) is 34.9 Å². The second kappa shape index (κ2) is 8.74. The van der Waals surface area contributed by atoms with E-state index in [1.165, 1.54) is 5.56 Å². The highest BCUT2D eigenvalue weighted by Crippen LogP contribution is 2.28. The molecule has 1 aromatic carbocycles. The minimum absolute atomic E-state index is 0.413. The summed E-state index contributed by atoms with van der Waals surface area (Å²) in [7, 11) is 0. The van der Waals surface area contributed by atoms with Crippen LogP contribution in [0.15, 0.2) is 24.3 Å². The molecule has 1 aliphatic rings. The first kappa shape index (κ1) is 16.8. The third-order valence-corrected chi connectivity index (χ3v) is 4.51. The summed E-state index contributed by atoms with van der Waals surface area (Å²) in [6.45, 7) is 5.98. The van der Waals surface area contributed by atoms with Crippen molar-refractivity contribution in [2.75, 3.05) is 26.2 Å². The van der Waals surface area contributed by atoms with Gasteiger partial charge in [-0.15, -0.1) is 0 Å². The Bertz CT molecular complexity index is 402. The number of halogens is 1. The van der Waals surface area contributed by atoms with Crippen molar-refractivity contribution in [1.29, 1.82) is 0 Å². The van der Waals surface area contributed by atoms with E-state index >= 15 is 0 Å². The number of hydrogen-bond donors (Lipinski definition) is 1. The Hall–Kier alpha value is -0.610. The standard InChI is InChI=1S/C17H27ClN2O/c1-2-17(14-4-6-15(18)7-5-14)20-11-8-16(9-12-20)21-13-3-10-19/h4-7,16-17H,2-3,8-13,19H2,1H3.